The first-order valence-electron chi connectivity index (χ1n) is 10.0. The van der Waals surface area contributed by atoms with E-state index in [-0.39, 0.29) is 5.92 Å². The fraction of sp³-hybridized carbons (Fsp3) is 0.455. The molecule has 7 heteroatoms. The Morgan fingerprint density at radius 1 is 1.34 bits per heavy atom. The fourth-order valence-electron chi connectivity index (χ4n) is 3.58. The van der Waals surface area contributed by atoms with E-state index in [1.807, 2.05) is 24.4 Å². The van der Waals surface area contributed by atoms with E-state index in [9.17, 15) is 4.79 Å². The summed E-state index contributed by atoms with van der Waals surface area (Å²) in [7, 11) is 3.43. The summed E-state index contributed by atoms with van der Waals surface area (Å²) in [5, 5.41) is 0. The van der Waals surface area contributed by atoms with Crippen molar-refractivity contribution >= 4 is 24.0 Å². The van der Waals surface area contributed by atoms with Crippen LogP contribution in [0.15, 0.2) is 29.4 Å². The van der Waals surface area contributed by atoms with Crippen LogP contribution in [0.2, 0.25) is 0 Å². The summed E-state index contributed by atoms with van der Waals surface area (Å²) in [6.07, 6.45) is 8.06. The molecule has 0 aliphatic carbocycles. The van der Waals surface area contributed by atoms with Crippen LogP contribution in [0.25, 0.3) is 11.3 Å². The quantitative estimate of drug-likeness (QED) is 0.320. The third-order valence-electron chi connectivity index (χ3n) is 5.25. The first-order chi connectivity index (χ1) is 14.2. The summed E-state index contributed by atoms with van der Waals surface area (Å²) in [6.45, 7) is 2.29. The van der Waals surface area contributed by atoms with Crippen LogP contribution in [0.5, 0.6) is 0 Å². The van der Waals surface area contributed by atoms with Gasteiger partial charge in [-0.1, -0.05) is 6.07 Å². The number of nitrogens with zero attached hydrogens (tertiary/aromatic N) is 4. The molecule has 1 fully saturated rings. The monoisotopic (exact) mass is 395 g/mol. The predicted molar refractivity (Wildman–Crippen MR) is 117 cm³/mol. The molecule has 29 heavy (non-hydrogen) atoms. The number of nitrogen functional groups attached to an aromatic ring is 1. The first-order valence-corrected chi connectivity index (χ1v) is 10.0. The normalized spacial score (nSPS) is 15.2. The molecule has 0 spiro atoms. The Bertz CT molecular complexity index is 860. The number of methoxy groups -OCH3 is 1. The molecule has 154 valence electrons. The molecule has 2 heterocycles. The molecule has 2 N–H and O–H groups in total. The highest BCUT2D eigenvalue weighted by molar-refractivity contribution is 5.90. The van der Waals surface area contributed by atoms with Gasteiger partial charge in [-0.05, 0) is 37.8 Å². The Morgan fingerprint density at radius 2 is 2.14 bits per heavy atom. The summed E-state index contributed by atoms with van der Waals surface area (Å²) in [6, 6.07) is 5.85. The Kier molecular flexibility index (Phi) is 7.30. The number of aromatic nitrogens is 2. The summed E-state index contributed by atoms with van der Waals surface area (Å²) in [5.74, 6) is 1.00. The Hall–Kier alpha value is -2.80. The van der Waals surface area contributed by atoms with Crippen LogP contribution >= 0.6 is 0 Å². The first kappa shape index (κ1) is 20.9. The number of carbonyl (C=O) groups excluding carboxylic acids is 1. The number of nitrogens with two attached hydrogens (primary N) is 1. The van der Waals surface area contributed by atoms with Gasteiger partial charge in [-0.3, -0.25) is 9.98 Å². The zero-order valence-corrected chi connectivity index (χ0v) is 17.2. The van der Waals surface area contributed by atoms with Crippen molar-refractivity contribution in [1.29, 1.82) is 0 Å². The largest absolute Gasteiger partial charge is 0.398 e. The number of carbonyl (C=O) groups is 1. The highest BCUT2D eigenvalue weighted by Gasteiger charge is 2.23. The molecule has 0 radical (unpaired) electrons. The molecule has 0 bridgehead atoms. The summed E-state index contributed by atoms with van der Waals surface area (Å²) in [4.78, 5) is 27.2. The molecule has 0 amide bonds. The van der Waals surface area contributed by atoms with Crippen LogP contribution in [0.3, 0.4) is 0 Å². The molecule has 0 atom stereocenters. The number of rotatable bonds is 8. The third kappa shape index (κ3) is 5.17. The lowest BCUT2D eigenvalue weighted by Gasteiger charge is -2.32. The Morgan fingerprint density at radius 3 is 2.83 bits per heavy atom. The molecule has 1 saturated heterocycles. The minimum Gasteiger partial charge on any atom is -0.398 e. The van der Waals surface area contributed by atoms with Crippen molar-refractivity contribution in [1.82, 2.24) is 9.97 Å². The number of benzene rings is 1. The molecule has 3 rings (SSSR count). The van der Waals surface area contributed by atoms with Crippen molar-refractivity contribution in [3.8, 4) is 11.3 Å². The number of hydrogen-bond donors (Lipinski definition) is 1. The van der Waals surface area contributed by atoms with Crippen LogP contribution in [0, 0.1) is 5.92 Å². The molecule has 2 aromatic rings. The van der Waals surface area contributed by atoms with Gasteiger partial charge in [-0.2, -0.15) is 0 Å². The number of piperidine rings is 1. The van der Waals surface area contributed by atoms with E-state index in [2.05, 4.69) is 9.89 Å². The van der Waals surface area contributed by atoms with Gasteiger partial charge in [0, 0.05) is 69.0 Å². The van der Waals surface area contributed by atoms with E-state index >= 15 is 0 Å². The minimum absolute atomic E-state index is 0.136. The van der Waals surface area contributed by atoms with Gasteiger partial charge in [-0.15, -0.1) is 0 Å². The van der Waals surface area contributed by atoms with Gasteiger partial charge in [0.2, 0.25) is 0 Å². The van der Waals surface area contributed by atoms with Gasteiger partial charge in [-0.25, -0.2) is 4.98 Å². The fourth-order valence-corrected chi connectivity index (χ4v) is 3.58. The van der Waals surface area contributed by atoms with Crippen molar-refractivity contribution in [2.24, 2.45) is 10.9 Å². The molecule has 1 aliphatic heterocycles. The zero-order valence-electron chi connectivity index (χ0n) is 17.2. The van der Waals surface area contributed by atoms with Crippen LogP contribution in [0.1, 0.15) is 30.5 Å². The van der Waals surface area contributed by atoms with Crippen LogP contribution in [-0.2, 0) is 16.0 Å². The number of anilines is 2. The maximum atomic E-state index is 11.1. The highest BCUT2D eigenvalue weighted by atomic mass is 16.5. The summed E-state index contributed by atoms with van der Waals surface area (Å²) >= 11 is 0. The van der Waals surface area contributed by atoms with Crippen molar-refractivity contribution in [3.63, 3.8) is 0 Å². The van der Waals surface area contributed by atoms with Crippen LogP contribution in [-0.4, -0.2) is 56.3 Å². The van der Waals surface area contributed by atoms with E-state index in [1.165, 1.54) is 0 Å². The molecule has 1 aromatic heterocycles. The lowest BCUT2D eigenvalue weighted by atomic mass is 9.98. The second-order valence-corrected chi connectivity index (χ2v) is 7.32. The lowest BCUT2D eigenvalue weighted by molar-refractivity contribution is -0.111. The van der Waals surface area contributed by atoms with E-state index in [0.717, 1.165) is 73.4 Å². The number of aldehydes is 1. The Balaban J connectivity index is 1.97. The number of hydrogen-bond acceptors (Lipinski definition) is 7. The summed E-state index contributed by atoms with van der Waals surface area (Å²) < 4.78 is 5.16. The second-order valence-electron chi connectivity index (χ2n) is 7.32. The molecule has 1 aromatic carbocycles. The van der Waals surface area contributed by atoms with Gasteiger partial charge in [0.1, 0.15) is 12.0 Å². The van der Waals surface area contributed by atoms with Crippen molar-refractivity contribution in [2.75, 3.05) is 44.5 Å². The Labute approximate surface area is 172 Å². The highest BCUT2D eigenvalue weighted by Crippen LogP contribution is 2.31. The zero-order chi connectivity index (χ0) is 20.6. The number of ether oxygens (including phenoxy) is 1. The summed E-state index contributed by atoms with van der Waals surface area (Å²) in [5.41, 5.74) is 10.3. The van der Waals surface area contributed by atoms with E-state index in [1.54, 1.807) is 20.4 Å². The maximum Gasteiger partial charge on any atom is 0.155 e. The van der Waals surface area contributed by atoms with Gasteiger partial charge >= 0.3 is 0 Å². The van der Waals surface area contributed by atoms with E-state index in [0.29, 0.717) is 12.3 Å². The molecular formula is C22H29N5O2. The SMILES string of the molecule is CN=Cc1cc(-c2ncc(CCCOC)nc2N2CCC(C=O)CC2)ccc1N. The second kappa shape index (κ2) is 10.1. The molecule has 0 saturated carbocycles. The molecular weight excluding hydrogens is 366 g/mol. The molecule has 0 unspecified atom stereocenters. The van der Waals surface area contributed by atoms with Gasteiger partial charge in [0.15, 0.2) is 5.82 Å². The number of aliphatic imine (C=N–C) groups is 1. The minimum atomic E-state index is 0.136. The van der Waals surface area contributed by atoms with E-state index in [4.69, 9.17) is 20.4 Å². The molecule has 1 aliphatic rings. The topological polar surface area (TPSA) is 93.7 Å². The lowest BCUT2D eigenvalue weighted by Crippen LogP contribution is -2.35. The van der Waals surface area contributed by atoms with E-state index < -0.39 is 0 Å². The molecule has 7 nitrogen and oxygen atoms in total. The van der Waals surface area contributed by atoms with Gasteiger partial charge < -0.3 is 20.2 Å². The van der Waals surface area contributed by atoms with Gasteiger partial charge in [0.05, 0.1) is 5.69 Å². The van der Waals surface area contributed by atoms with Crippen LogP contribution < -0.4 is 10.6 Å². The predicted octanol–water partition coefficient (Wildman–Crippen LogP) is 2.77. The maximum absolute atomic E-state index is 11.1. The van der Waals surface area contributed by atoms with Crippen molar-refractivity contribution in [3.05, 3.63) is 35.7 Å². The van der Waals surface area contributed by atoms with Crippen molar-refractivity contribution in [2.45, 2.75) is 25.7 Å². The smallest absolute Gasteiger partial charge is 0.155 e. The number of aryl methyl sites for hydroxylation is 1. The average molecular weight is 396 g/mol. The third-order valence-corrected chi connectivity index (χ3v) is 5.25. The average Bonchev–Trinajstić information content (AvgIpc) is 2.76. The standard InChI is InChI=1S/C22H29N5O2/c1-24-13-18-12-17(5-6-20(18)23)21-22(27-9-7-16(15-28)8-10-27)26-19(14-25-21)4-3-11-29-2/h5-6,12-16H,3-4,7-11,23H2,1-2H3. The van der Waals surface area contributed by atoms with Gasteiger partial charge in [0.25, 0.3) is 0 Å². The van der Waals surface area contributed by atoms with Crippen LogP contribution in [0.4, 0.5) is 11.5 Å². The van der Waals surface area contributed by atoms with Crippen molar-refractivity contribution < 1.29 is 9.53 Å².